The molecule has 1 aliphatic heterocycles. The summed E-state index contributed by atoms with van der Waals surface area (Å²) in [5, 5.41) is 35.0. The lowest BCUT2D eigenvalue weighted by Crippen LogP contribution is -2.40. The number of methoxy groups -OCH3 is 4. The van der Waals surface area contributed by atoms with Gasteiger partial charge in [-0.15, -0.1) is 68.0 Å². The summed E-state index contributed by atoms with van der Waals surface area (Å²) in [7, 11) is 6.78. The lowest BCUT2D eigenvalue weighted by Gasteiger charge is -2.28. The van der Waals surface area contributed by atoms with Crippen molar-refractivity contribution in [2.75, 3.05) is 53.5 Å². The molecule has 0 spiro atoms. The molecule has 28 nitrogen and oxygen atoms in total. The van der Waals surface area contributed by atoms with E-state index in [1.54, 1.807) is 83.1 Å². The van der Waals surface area contributed by atoms with Crippen molar-refractivity contribution in [3.63, 3.8) is 0 Å². The van der Waals surface area contributed by atoms with E-state index in [0.717, 1.165) is 45.3 Å². The number of anilines is 1. The number of aryl methyl sites for hydroxylation is 1. The van der Waals surface area contributed by atoms with Gasteiger partial charge in [-0.3, -0.25) is 43.3 Å². The summed E-state index contributed by atoms with van der Waals surface area (Å²) in [4.78, 5) is 158. The fourth-order valence-corrected chi connectivity index (χ4v) is 16.6. The normalized spacial score (nSPS) is 18.1. The smallest absolute Gasteiger partial charge is 0.416 e. The van der Waals surface area contributed by atoms with Gasteiger partial charge in [-0.05, 0) is 69.1 Å². The van der Waals surface area contributed by atoms with E-state index < -0.39 is 90.4 Å². The number of nitrogens with zero attached hydrogens (tertiary/aromatic N) is 8. The van der Waals surface area contributed by atoms with Gasteiger partial charge < -0.3 is 55.4 Å². The number of amides is 6. The lowest BCUT2D eigenvalue weighted by molar-refractivity contribution is -0.148. The number of carbonyl (C=O) groups is 9. The molecule has 8 aromatic rings. The quantitative estimate of drug-likeness (QED) is 0.0249. The van der Waals surface area contributed by atoms with Crippen LogP contribution in [0, 0.1) is 24.7 Å². The molecule has 1 aromatic carbocycles. The maximum Gasteiger partial charge on any atom is 0.416 e. The summed E-state index contributed by atoms with van der Waals surface area (Å²) in [5.41, 5.74) is 2.30. The number of allylic oxidation sites excluding steroid dienone is 1. The standard InChI is InChI=1S/C67H73N13O15S6/c1-33(2)50-64-79-53(45(101-64)28-91-5)57(86)69-27-48(82)76-54(55(84)35-14-10-9-11-15-35)63-74-44(31-98-63)61-72-42(29-97-61)52-39(59-73-43(30-96-59)56(85)71-41(26-47(81)68-4)62-78-51(34(3)100-62)58(87)77-50)22-23-40(70-52)60-75-46(32-99-60)80(67(90)95-38-20-17-37(18-21-38)66(89)94-8)25-13-12-16-36(65(88)93-7)19-24-49(83)92-6/h9-15,22-23,29-33,36-38,41,50,54-55,84H,16-21,24-28H2,1-8H3,(H,68,81)(H,69,86)(H,71,85)(H,76,82)(H,77,87)/b13-12+/t36?,37-,38-,41-,50-,54-,55-/m0/s1. The Kier molecular flexibility index (Phi) is 25.4. The topological polar surface area (TPSA) is 374 Å². The highest BCUT2D eigenvalue weighted by atomic mass is 32.1. The molecule has 1 saturated carbocycles. The number of pyridine rings is 1. The van der Waals surface area contributed by atoms with Crippen LogP contribution in [0.2, 0.25) is 0 Å². The van der Waals surface area contributed by atoms with Crippen LogP contribution in [0.1, 0.15) is 151 Å². The van der Waals surface area contributed by atoms with E-state index in [-0.39, 0.29) is 84.5 Å². The second-order valence-corrected chi connectivity index (χ2v) is 29.5. The molecule has 10 rings (SSSR count). The highest BCUT2D eigenvalue weighted by Crippen LogP contribution is 2.41. The molecule has 8 heterocycles. The molecule has 5 atom stereocenters. The van der Waals surface area contributed by atoms with E-state index in [0.29, 0.717) is 94.4 Å². The summed E-state index contributed by atoms with van der Waals surface area (Å²) < 4.78 is 26.3. The minimum atomic E-state index is -1.32. The third kappa shape index (κ3) is 18.3. The largest absolute Gasteiger partial charge is 0.469 e. The number of hydrogen-bond donors (Lipinski definition) is 6. The Balaban J connectivity index is 1.03. The number of hydrogen-bond acceptors (Lipinski definition) is 28. The zero-order valence-corrected chi connectivity index (χ0v) is 61.0. The predicted octanol–water partition coefficient (Wildman–Crippen LogP) is 9.68. The molecular formula is C67H73N13O15S6. The summed E-state index contributed by atoms with van der Waals surface area (Å²) >= 11 is 7.00. The van der Waals surface area contributed by atoms with Gasteiger partial charge in [0, 0.05) is 59.1 Å². The van der Waals surface area contributed by atoms with Gasteiger partial charge in [0.1, 0.15) is 88.3 Å². The summed E-state index contributed by atoms with van der Waals surface area (Å²) in [6, 6.07) is 9.27. The lowest BCUT2D eigenvalue weighted by atomic mass is 9.87. The van der Waals surface area contributed by atoms with Gasteiger partial charge in [0.2, 0.25) is 11.8 Å². The first-order valence-electron chi connectivity index (χ1n) is 32.0. The van der Waals surface area contributed by atoms with Crippen molar-refractivity contribution in [2.24, 2.45) is 17.8 Å². The van der Waals surface area contributed by atoms with Gasteiger partial charge in [0.15, 0.2) is 0 Å². The zero-order valence-electron chi connectivity index (χ0n) is 56.1. The van der Waals surface area contributed by atoms with E-state index in [1.807, 2.05) is 13.8 Å². The van der Waals surface area contributed by atoms with Gasteiger partial charge >= 0.3 is 24.0 Å². The fourth-order valence-electron chi connectivity index (χ4n) is 11.1. The number of benzene rings is 1. The van der Waals surface area contributed by atoms with Crippen molar-refractivity contribution in [3.05, 3.63) is 124 Å². The maximum atomic E-state index is 14.5. The molecule has 1 fully saturated rings. The fraction of sp³-hybridized carbons (Fsp3) is 0.403. The molecule has 7 aromatic heterocycles. The molecule has 1 aliphatic carbocycles. The first-order chi connectivity index (χ1) is 48.7. The Bertz CT molecular complexity index is 4350. The van der Waals surface area contributed by atoms with Crippen LogP contribution in [0.4, 0.5) is 10.6 Å². The summed E-state index contributed by atoms with van der Waals surface area (Å²) in [5.74, 6) is -5.41. The number of fused-ring (bicyclic) bond motifs is 14. The molecule has 0 radical (unpaired) electrons. The van der Waals surface area contributed by atoms with Crippen molar-refractivity contribution >= 4 is 127 Å². The molecule has 34 heteroatoms. The van der Waals surface area contributed by atoms with Gasteiger partial charge in [0.05, 0.1) is 75.4 Å². The Labute approximate surface area is 604 Å². The molecule has 101 heavy (non-hydrogen) atoms. The number of esters is 3. The molecular weight excluding hydrogens is 1420 g/mol. The number of ether oxygens (including phenoxy) is 5. The van der Waals surface area contributed by atoms with E-state index >= 15 is 0 Å². The van der Waals surface area contributed by atoms with E-state index in [9.17, 15) is 48.3 Å². The average Bonchev–Trinajstić information content (AvgIpc) is 1.69. The molecule has 0 saturated heterocycles. The number of aliphatic hydroxyl groups is 1. The summed E-state index contributed by atoms with van der Waals surface area (Å²) in [6.45, 7) is 4.82. The van der Waals surface area contributed by atoms with Crippen LogP contribution in [0.25, 0.3) is 43.4 Å². The van der Waals surface area contributed by atoms with Crippen molar-refractivity contribution in [1.29, 1.82) is 0 Å². The second kappa shape index (κ2) is 34.5. The Morgan fingerprint density at radius 3 is 2.12 bits per heavy atom. The van der Waals surface area contributed by atoms with Crippen LogP contribution in [0.5, 0.6) is 0 Å². The summed E-state index contributed by atoms with van der Waals surface area (Å²) in [6.07, 6.45) is 2.67. The first-order valence-corrected chi connectivity index (χ1v) is 37.1. The Morgan fingerprint density at radius 1 is 0.683 bits per heavy atom. The van der Waals surface area contributed by atoms with Crippen LogP contribution in [0.15, 0.2) is 76.1 Å². The number of nitrogens with one attached hydrogen (secondary N) is 5. The molecule has 532 valence electrons. The monoisotopic (exact) mass is 1490 g/mol. The van der Waals surface area contributed by atoms with Gasteiger partial charge in [-0.25, -0.2) is 39.7 Å². The minimum absolute atomic E-state index is 0.0141. The molecule has 1 unspecified atom stereocenters. The number of carbonyl (C=O) groups excluding carboxylic acids is 9. The molecule has 6 amide bonds. The van der Waals surface area contributed by atoms with Crippen molar-refractivity contribution in [3.8, 4) is 43.4 Å². The highest BCUT2D eigenvalue weighted by Gasteiger charge is 2.35. The van der Waals surface area contributed by atoms with Gasteiger partial charge in [0.25, 0.3) is 17.7 Å². The SMILES string of the molecule is CNC(=O)C[C@@H]1NC(=O)c2csc(n2)-c2ccc(-c3nc(N(C/C=C/CC(CCC(=O)OC)C(=O)OC)C(=O)O[C@H]4CC[C@H](C(=O)OC)CC4)cs3)nc2-c2csc(n2)-c2csc(n2)[C@H]([C@@H](O)c2ccccc2)NC(=O)CNC(=O)c2nc(sc2COC)[C@H](C(C)C)NC(=O)c2nc1sc2C. The van der Waals surface area contributed by atoms with E-state index in [4.69, 9.17) is 58.6 Å². The second-order valence-electron chi connectivity index (χ2n) is 23.7. The van der Waals surface area contributed by atoms with Crippen LogP contribution >= 0.6 is 68.0 Å². The third-order valence-electron chi connectivity index (χ3n) is 16.5. The van der Waals surface area contributed by atoms with Gasteiger partial charge in [-0.2, -0.15) is 0 Å². The van der Waals surface area contributed by atoms with E-state index in [1.165, 1.54) is 63.1 Å². The zero-order chi connectivity index (χ0) is 72.0. The minimum Gasteiger partial charge on any atom is -0.469 e. The van der Waals surface area contributed by atoms with E-state index in [2.05, 4.69) is 26.6 Å². The van der Waals surface area contributed by atoms with Gasteiger partial charge in [-0.1, -0.05) is 56.3 Å². The predicted molar refractivity (Wildman–Crippen MR) is 379 cm³/mol. The number of aromatic nitrogens is 7. The van der Waals surface area contributed by atoms with Crippen molar-refractivity contribution in [2.45, 2.75) is 109 Å². The Hall–Kier alpha value is -9.16. The van der Waals surface area contributed by atoms with Crippen LogP contribution in [-0.2, 0) is 54.3 Å². The number of thiazole rings is 6. The van der Waals surface area contributed by atoms with Crippen LogP contribution in [-0.4, -0.2) is 148 Å². The molecule has 2 aliphatic rings. The van der Waals surface area contributed by atoms with Crippen LogP contribution in [0.3, 0.4) is 0 Å². The number of rotatable bonds is 19. The van der Waals surface area contributed by atoms with Crippen molar-refractivity contribution in [1.82, 2.24) is 61.5 Å². The maximum absolute atomic E-state index is 14.5. The molecule has 6 N–H and O–H groups in total. The molecule has 10 bridgehead atoms. The van der Waals surface area contributed by atoms with Crippen molar-refractivity contribution < 1.29 is 71.9 Å². The van der Waals surface area contributed by atoms with Crippen LogP contribution < -0.4 is 31.5 Å². The third-order valence-corrected chi connectivity index (χ3v) is 22.3. The first kappa shape index (κ1) is 74.5. The highest BCUT2D eigenvalue weighted by molar-refractivity contribution is 7.15. The number of aliphatic hydroxyl groups excluding tert-OH is 1. The average molecular weight is 1490 g/mol. The Morgan fingerprint density at radius 2 is 1.40 bits per heavy atom.